The third-order valence-electron chi connectivity index (χ3n) is 7.25. The van der Waals surface area contributed by atoms with Crippen LogP contribution in [0.15, 0.2) is 48.7 Å². The van der Waals surface area contributed by atoms with Crippen molar-refractivity contribution in [1.82, 2.24) is 20.3 Å². The van der Waals surface area contributed by atoms with Crippen LogP contribution in [-0.2, 0) is 0 Å². The van der Waals surface area contributed by atoms with E-state index in [-0.39, 0.29) is 0 Å². The molecule has 0 amide bonds. The molecular weight excluding hydrogens is 394 g/mol. The lowest BCUT2D eigenvalue weighted by atomic mass is 10.0. The van der Waals surface area contributed by atoms with Crippen molar-refractivity contribution in [2.24, 2.45) is 5.92 Å². The number of hydrogen-bond acceptors (Lipinski definition) is 4. The van der Waals surface area contributed by atoms with Crippen LogP contribution in [0.4, 0.5) is 5.82 Å². The Balaban J connectivity index is 1.32. The SMILES string of the molecule is Cc1cc(-c2[nH]c3cc(-c4ccc(N5CC[C@H]6CNC[C@H]65)nc4)ccc3c2C)cc(C)n1. The van der Waals surface area contributed by atoms with Crippen molar-refractivity contribution in [2.45, 2.75) is 33.2 Å². The number of rotatable bonds is 3. The predicted octanol–water partition coefficient (Wildman–Crippen LogP) is 5.02. The molecule has 2 saturated heterocycles. The van der Waals surface area contributed by atoms with Crippen LogP contribution < -0.4 is 10.2 Å². The number of fused-ring (bicyclic) bond motifs is 2. The summed E-state index contributed by atoms with van der Waals surface area (Å²) < 4.78 is 0. The molecule has 4 aromatic rings. The number of nitrogens with one attached hydrogen (secondary N) is 2. The highest BCUT2D eigenvalue weighted by atomic mass is 15.3. The van der Waals surface area contributed by atoms with Crippen LogP contribution >= 0.6 is 0 Å². The first-order valence-electron chi connectivity index (χ1n) is 11.6. The molecule has 162 valence electrons. The van der Waals surface area contributed by atoms with E-state index in [1.54, 1.807) is 0 Å². The smallest absolute Gasteiger partial charge is 0.128 e. The third kappa shape index (κ3) is 3.19. The molecule has 0 unspecified atom stereocenters. The van der Waals surface area contributed by atoms with Crippen molar-refractivity contribution in [1.29, 1.82) is 0 Å². The molecule has 2 atom stereocenters. The molecule has 0 bridgehead atoms. The van der Waals surface area contributed by atoms with Gasteiger partial charge >= 0.3 is 0 Å². The number of aryl methyl sites for hydroxylation is 3. The van der Waals surface area contributed by atoms with Crippen LogP contribution in [0.1, 0.15) is 23.4 Å². The molecule has 2 N–H and O–H groups in total. The topological polar surface area (TPSA) is 56.8 Å². The van der Waals surface area contributed by atoms with Gasteiger partial charge in [0.05, 0.1) is 0 Å². The summed E-state index contributed by atoms with van der Waals surface area (Å²) >= 11 is 0. The maximum absolute atomic E-state index is 4.85. The van der Waals surface area contributed by atoms with Gasteiger partial charge in [0.1, 0.15) is 5.82 Å². The summed E-state index contributed by atoms with van der Waals surface area (Å²) in [6, 6.07) is 16.0. The lowest BCUT2D eigenvalue weighted by Gasteiger charge is -2.24. The van der Waals surface area contributed by atoms with E-state index in [9.17, 15) is 0 Å². The second kappa shape index (κ2) is 7.45. The Labute approximate surface area is 188 Å². The monoisotopic (exact) mass is 423 g/mol. The number of anilines is 1. The van der Waals surface area contributed by atoms with E-state index in [1.807, 2.05) is 6.20 Å². The highest BCUT2D eigenvalue weighted by Gasteiger charge is 2.37. The fourth-order valence-corrected chi connectivity index (χ4v) is 5.65. The first-order chi connectivity index (χ1) is 15.6. The van der Waals surface area contributed by atoms with Crippen molar-refractivity contribution < 1.29 is 0 Å². The van der Waals surface area contributed by atoms with Gasteiger partial charge in [0.15, 0.2) is 0 Å². The van der Waals surface area contributed by atoms with Crippen molar-refractivity contribution in [2.75, 3.05) is 24.5 Å². The fraction of sp³-hybridized carbons (Fsp3) is 0.333. The molecule has 32 heavy (non-hydrogen) atoms. The van der Waals surface area contributed by atoms with E-state index in [0.717, 1.165) is 53.8 Å². The van der Waals surface area contributed by atoms with Crippen LogP contribution in [0, 0.1) is 26.7 Å². The van der Waals surface area contributed by atoms with Gasteiger partial charge in [-0.3, -0.25) is 4.98 Å². The fourth-order valence-electron chi connectivity index (χ4n) is 5.65. The number of hydrogen-bond donors (Lipinski definition) is 2. The van der Waals surface area contributed by atoms with Gasteiger partial charge in [-0.1, -0.05) is 12.1 Å². The van der Waals surface area contributed by atoms with Crippen molar-refractivity contribution in [3.05, 3.63) is 65.6 Å². The largest absolute Gasteiger partial charge is 0.354 e. The molecule has 5 heterocycles. The number of nitrogens with zero attached hydrogens (tertiary/aromatic N) is 3. The summed E-state index contributed by atoms with van der Waals surface area (Å²) in [5.41, 5.74) is 9.23. The van der Waals surface area contributed by atoms with Crippen LogP contribution in [0.25, 0.3) is 33.3 Å². The first kappa shape index (κ1) is 19.5. The van der Waals surface area contributed by atoms with Gasteiger partial charge in [-0.15, -0.1) is 0 Å². The Bertz CT molecular complexity index is 1280. The van der Waals surface area contributed by atoms with Crippen LogP contribution in [-0.4, -0.2) is 40.6 Å². The molecule has 2 aliphatic heterocycles. The van der Waals surface area contributed by atoms with E-state index in [0.29, 0.717) is 6.04 Å². The van der Waals surface area contributed by atoms with Gasteiger partial charge in [-0.05, 0) is 74.6 Å². The normalized spacial score (nSPS) is 20.3. The highest BCUT2D eigenvalue weighted by Crippen LogP contribution is 2.34. The van der Waals surface area contributed by atoms with E-state index in [1.165, 1.54) is 34.2 Å². The average molecular weight is 424 g/mol. The summed E-state index contributed by atoms with van der Waals surface area (Å²) in [6.07, 6.45) is 3.29. The zero-order valence-corrected chi connectivity index (χ0v) is 18.9. The third-order valence-corrected chi connectivity index (χ3v) is 7.25. The van der Waals surface area contributed by atoms with Gasteiger partial charge < -0.3 is 15.2 Å². The quantitative estimate of drug-likeness (QED) is 0.486. The molecule has 2 fully saturated rings. The molecule has 5 heteroatoms. The van der Waals surface area contributed by atoms with E-state index in [2.05, 4.69) is 83.4 Å². The summed E-state index contributed by atoms with van der Waals surface area (Å²) in [6.45, 7) is 9.64. The molecule has 0 aliphatic carbocycles. The highest BCUT2D eigenvalue weighted by molar-refractivity contribution is 5.93. The number of aromatic nitrogens is 3. The maximum Gasteiger partial charge on any atom is 0.128 e. The van der Waals surface area contributed by atoms with Crippen LogP contribution in [0.2, 0.25) is 0 Å². The van der Waals surface area contributed by atoms with Crippen molar-refractivity contribution in [3.8, 4) is 22.4 Å². The molecule has 0 spiro atoms. The van der Waals surface area contributed by atoms with Gasteiger partial charge in [0.25, 0.3) is 0 Å². The van der Waals surface area contributed by atoms with Gasteiger partial charge in [0.2, 0.25) is 0 Å². The minimum atomic E-state index is 0.602. The summed E-state index contributed by atoms with van der Waals surface area (Å²) in [5, 5.41) is 4.79. The average Bonchev–Trinajstić information content (AvgIpc) is 3.48. The number of pyridine rings is 2. The minimum Gasteiger partial charge on any atom is -0.354 e. The van der Waals surface area contributed by atoms with E-state index < -0.39 is 0 Å². The molecule has 3 aromatic heterocycles. The molecule has 0 saturated carbocycles. The lowest BCUT2D eigenvalue weighted by molar-refractivity contribution is 0.577. The minimum absolute atomic E-state index is 0.602. The van der Waals surface area contributed by atoms with Gasteiger partial charge in [-0.25, -0.2) is 4.98 Å². The Morgan fingerprint density at radius 1 is 0.906 bits per heavy atom. The number of H-pyrrole nitrogens is 1. The molecule has 5 nitrogen and oxygen atoms in total. The summed E-state index contributed by atoms with van der Waals surface area (Å²) in [5.74, 6) is 1.88. The predicted molar refractivity (Wildman–Crippen MR) is 131 cm³/mol. The Hall–Kier alpha value is -3.18. The van der Waals surface area contributed by atoms with Crippen molar-refractivity contribution >= 4 is 16.7 Å². The lowest BCUT2D eigenvalue weighted by Crippen LogP contribution is -2.34. The van der Waals surface area contributed by atoms with Gasteiger partial charge in [-0.2, -0.15) is 0 Å². The van der Waals surface area contributed by atoms with Gasteiger partial charge in [0, 0.05) is 71.0 Å². The molecular formula is C27H29N5. The van der Waals surface area contributed by atoms with E-state index >= 15 is 0 Å². The Kier molecular flexibility index (Phi) is 4.54. The molecule has 6 rings (SSSR count). The Morgan fingerprint density at radius 3 is 2.50 bits per heavy atom. The number of benzene rings is 1. The Morgan fingerprint density at radius 2 is 1.72 bits per heavy atom. The second-order valence-electron chi connectivity index (χ2n) is 9.40. The molecule has 0 radical (unpaired) electrons. The second-order valence-corrected chi connectivity index (χ2v) is 9.40. The standard InChI is InChI=1S/C27H29N5/c1-16-10-22(11-17(2)30-16)27-18(3)23-6-4-19(12-24(23)31-27)20-5-7-26(29-14-20)32-9-8-21-13-28-15-25(21)32/h4-7,10-12,14,21,25,28,31H,8-9,13,15H2,1-3H3/t21-,25+/m0/s1. The zero-order chi connectivity index (χ0) is 21.8. The maximum atomic E-state index is 4.85. The van der Waals surface area contributed by atoms with E-state index in [4.69, 9.17) is 4.98 Å². The zero-order valence-electron chi connectivity index (χ0n) is 18.9. The molecule has 1 aromatic carbocycles. The summed E-state index contributed by atoms with van der Waals surface area (Å²) in [4.78, 5) is 15.5. The molecule has 2 aliphatic rings. The van der Waals surface area contributed by atoms with Crippen LogP contribution in [0.3, 0.4) is 0 Å². The van der Waals surface area contributed by atoms with Crippen LogP contribution in [0.5, 0.6) is 0 Å². The van der Waals surface area contributed by atoms with Crippen molar-refractivity contribution in [3.63, 3.8) is 0 Å². The number of aromatic amines is 1. The first-order valence-corrected chi connectivity index (χ1v) is 11.6. The summed E-state index contributed by atoms with van der Waals surface area (Å²) in [7, 11) is 0.